The zero-order valence-corrected chi connectivity index (χ0v) is 24.9. The first kappa shape index (κ1) is 26.5. The summed E-state index contributed by atoms with van der Waals surface area (Å²) in [6, 6.07) is 32.7. The molecule has 0 spiro atoms. The third-order valence-corrected chi connectivity index (χ3v) is 11.2. The van der Waals surface area contributed by atoms with Gasteiger partial charge in [-0.2, -0.15) is 0 Å². The van der Waals surface area contributed by atoms with Crippen LogP contribution in [-0.2, 0) is 31.9 Å². The molecule has 2 heterocycles. The van der Waals surface area contributed by atoms with Crippen molar-refractivity contribution in [3.8, 4) is 11.1 Å². The second-order valence-electron chi connectivity index (χ2n) is 11.5. The topological polar surface area (TPSA) is 24.4 Å². The number of hydrogen-bond donors (Lipinski definition) is 1. The van der Waals surface area contributed by atoms with Crippen molar-refractivity contribution in [1.82, 2.24) is 0 Å². The first-order valence-corrected chi connectivity index (χ1v) is 16.3. The fourth-order valence-electron chi connectivity index (χ4n) is 6.58. The minimum absolute atomic E-state index is 0.00812. The minimum atomic E-state index is -4.55. The van der Waals surface area contributed by atoms with E-state index in [4.69, 9.17) is 0 Å². The van der Waals surface area contributed by atoms with Gasteiger partial charge in [0.05, 0.1) is 0 Å². The quantitative estimate of drug-likeness (QED) is 0.189. The van der Waals surface area contributed by atoms with E-state index in [1.165, 1.54) is 27.3 Å². The van der Waals surface area contributed by atoms with Crippen LogP contribution < -0.4 is 5.32 Å². The molecular weight excluding hydrogens is 608 g/mol. The molecule has 0 fully saturated rings. The number of alkyl halides is 3. The molecule has 1 aliphatic heterocycles. The number of benzene rings is 5. The number of fused-ring (bicyclic) bond motifs is 3. The van der Waals surface area contributed by atoms with Crippen LogP contribution >= 0.6 is 0 Å². The Morgan fingerprint density at radius 3 is 2.26 bits per heavy atom. The van der Waals surface area contributed by atoms with E-state index in [0.29, 0.717) is 10.9 Å². The van der Waals surface area contributed by atoms with Crippen LogP contribution in [0.2, 0.25) is 0 Å². The van der Waals surface area contributed by atoms with Gasteiger partial charge >= 0.3 is 213 Å². The van der Waals surface area contributed by atoms with Gasteiger partial charge in [0.15, 0.2) is 0 Å². The first-order chi connectivity index (χ1) is 20.9. The van der Waals surface area contributed by atoms with E-state index in [1.54, 1.807) is 6.07 Å². The van der Waals surface area contributed by atoms with E-state index in [1.807, 2.05) is 30.3 Å². The van der Waals surface area contributed by atoms with Crippen molar-refractivity contribution < 1.29 is 13.2 Å². The Hall–Kier alpha value is -4.12. The predicted molar refractivity (Wildman–Crippen MR) is 170 cm³/mol. The molecule has 1 atom stereocenters. The van der Waals surface area contributed by atoms with Crippen molar-refractivity contribution in [2.45, 2.75) is 37.9 Å². The Bertz CT molecular complexity index is 2020. The molecule has 6 heteroatoms. The zero-order chi connectivity index (χ0) is 29.1. The molecule has 2 nitrogen and oxygen atoms in total. The molecule has 0 saturated carbocycles. The van der Waals surface area contributed by atoms with Crippen molar-refractivity contribution in [2.24, 2.45) is 4.99 Å². The van der Waals surface area contributed by atoms with Gasteiger partial charge in [-0.3, -0.25) is 0 Å². The van der Waals surface area contributed by atoms with Crippen molar-refractivity contribution in [3.05, 3.63) is 135 Å². The summed E-state index contributed by atoms with van der Waals surface area (Å²) >= 11 is 0.00812. The summed E-state index contributed by atoms with van der Waals surface area (Å²) in [7, 11) is 0. The van der Waals surface area contributed by atoms with Crippen molar-refractivity contribution in [3.63, 3.8) is 0 Å². The van der Waals surface area contributed by atoms with E-state index in [9.17, 15) is 13.2 Å². The van der Waals surface area contributed by atoms with E-state index in [0.717, 1.165) is 52.2 Å². The van der Waals surface area contributed by atoms with Gasteiger partial charge in [0.2, 0.25) is 0 Å². The Kier molecular flexibility index (Phi) is 6.32. The first-order valence-electron chi connectivity index (χ1n) is 14.6. The number of nitrogens with one attached hydrogen (secondary N) is 1. The molecule has 1 unspecified atom stereocenters. The van der Waals surface area contributed by atoms with Gasteiger partial charge in [0.1, 0.15) is 0 Å². The molecule has 1 aromatic heterocycles. The summed E-state index contributed by atoms with van der Waals surface area (Å²) < 4.78 is 47.3. The maximum absolute atomic E-state index is 15.0. The third kappa shape index (κ3) is 4.79. The summed E-state index contributed by atoms with van der Waals surface area (Å²) in [6.45, 7) is 0. The van der Waals surface area contributed by atoms with E-state index >= 15 is 0 Å². The van der Waals surface area contributed by atoms with Gasteiger partial charge in [-0.05, 0) is 17.5 Å². The summed E-state index contributed by atoms with van der Waals surface area (Å²) in [5.41, 5.74) is 6.83. The standard InChI is InChI=1S/C37H27F3N2Se/c38-37(39,40)34-30-18-26(29-17-24-10-9-22-5-7-23(8-6-22)11-13-25(29)14-12-24)15-16-27(30)19-31-35(41-21-42-36(31)34)33-20-28-3-1-2-4-32(28)43-33/h1-8,12,14-21,35H,9-11,13H2,(H,41,42). The summed E-state index contributed by atoms with van der Waals surface area (Å²) in [4.78, 5) is 4.66. The molecule has 0 radical (unpaired) electrons. The number of anilines is 1. The van der Waals surface area contributed by atoms with E-state index in [2.05, 4.69) is 71.0 Å². The van der Waals surface area contributed by atoms with Crippen LogP contribution in [0.1, 0.15) is 43.9 Å². The van der Waals surface area contributed by atoms with Gasteiger partial charge < -0.3 is 0 Å². The van der Waals surface area contributed by atoms with Crippen LogP contribution in [0.4, 0.5) is 18.9 Å². The van der Waals surface area contributed by atoms with Crippen LogP contribution in [0.25, 0.3) is 31.5 Å². The molecule has 212 valence electrons. The Morgan fingerprint density at radius 1 is 0.721 bits per heavy atom. The van der Waals surface area contributed by atoms with Crippen molar-refractivity contribution in [2.75, 3.05) is 5.32 Å². The normalized spacial score (nSPS) is 16.2. The molecule has 5 aromatic carbocycles. The molecule has 43 heavy (non-hydrogen) atoms. The Labute approximate surface area is 253 Å². The van der Waals surface area contributed by atoms with Gasteiger partial charge in [-0.15, -0.1) is 0 Å². The van der Waals surface area contributed by atoms with Crippen LogP contribution in [0.3, 0.4) is 0 Å². The maximum atomic E-state index is 15.0. The number of aryl methyl sites for hydroxylation is 4. The molecule has 1 N–H and O–H groups in total. The van der Waals surface area contributed by atoms with Gasteiger partial charge in [-0.25, -0.2) is 0 Å². The van der Waals surface area contributed by atoms with Crippen LogP contribution in [0, 0.1) is 0 Å². The van der Waals surface area contributed by atoms with Gasteiger partial charge in [-0.1, -0.05) is 24.3 Å². The SMILES string of the molecule is FC(F)(F)c1c2c(cc3ccc(-c4cc5ccc4CCc4ccc(cc4)CC5)cc13)C(c1cc3ccccc3[se]1)N=CN2. The predicted octanol–water partition coefficient (Wildman–Crippen LogP) is 9.16. The monoisotopic (exact) mass is 636 g/mol. The fraction of sp³-hybridized carbons (Fsp3) is 0.162. The number of aliphatic imine (C=N–C) groups is 1. The van der Waals surface area contributed by atoms with E-state index < -0.39 is 17.8 Å². The average molecular weight is 636 g/mol. The number of nitrogens with zero attached hydrogens (tertiary/aromatic N) is 1. The number of hydrogen-bond acceptors (Lipinski definition) is 2. The second kappa shape index (κ2) is 10.3. The summed E-state index contributed by atoms with van der Waals surface area (Å²) in [5, 5.41) is 4.83. The third-order valence-electron chi connectivity index (χ3n) is 8.79. The molecule has 4 bridgehead atoms. The molecule has 4 aliphatic carbocycles. The zero-order valence-electron chi connectivity index (χ0n) is 23.2. The second-order valence-corrected chi connectivity index (χ2v) is 13.8. The molecule has 5 aliphatic rings. The average Bonchev–Trinajstić information content (AvgIpc) is 3.44. The Morgan fingerprint density at radius 2 is 1.47 bits per heavy atom. The van der Waals surface area contributed by atoms with Crippen molar-refractivity contribution in [1.29, 1.82) is 0 Å². The van der Waals surface area contributed by atoms with Gasteiger partial charge in [0.25, 0.3) is 0 Å². The van der Waals surface area contributed by atoms with Crippen LogP contribution in [0.15, 0.2) is 102 Å². The number of rotatable bonds is 2. The molecule has 6 aromatic rings. The molecule has 11 rings (SSSR count). The summed E-state index contributed by atoms with van der Waals surface area (Å²) in [6.07, 6.45) is 0.410. The summed E-state index contributed by atoms with van der Waals surface area (Å²) in [5.74, 6) is 0. The molecule has 0 saturated heterocycles. The Balaban J connectivity index is 1.28. The van der Waals surface area contributed by atoms with Crippen LogP contribution in [-0.4, -0.2) is 20.8 Å². The molecular formula is C37H27F3N2Se. The fourth-order valence-corrected chi connectivity index (χ4v) is 8.95. The molecule has 0 amide bonds. The van der Waals surface area contributed by atoms with Gasteiger partial charge in [0, 0.05) is 0 Å². The van der Waals surface area contributed by atoms with Crippen molar-refractivity contribution >= 4 is 46.9 Å². The number of halogens is 3. The van der Waals surface area contributed by atoms with Crippen LogP contribution in [0.5, 0.6) is 0 Å². The van der Waals surface area contributed by atoms with E-state index in [-0.39, 0.29) is 25.6 Å².